The first-order valence-electron chi connectivity index (χ1n) is 4.98. The summed E-state index contributed by atoms with van der Waals surface area (Å²) in [6.45, 7) is 0. The summed E-state index contributed by atoms with van der Waals surface area (Å²) in [6.07, 6.45) is 3.50. The fraction of sp³-hybridized carbons (Fsp3) is 0. The lowest BCUT2D eigenvalue weighted by atomic mass is 10.3. The number of pyridine rings is 1. The summed E-state index contributed by atoms with van der Waals surface area (Å²) in [5, 5.41) is 3.19. The van der Waals surface area contributed by atoms with Gasteiger partial charge in [0.1, 0.15) is 15.8 Å². The van der Waals surface area contributed by atoms with Gasteiger partial charge in [-0.1, -0.05) is 23.2 Å². The predicted octanol–water partition coefficient (Wildman–Crippen LogP) is 3.75. The van der Waals surface area contributed by atoms with Crippen molar-refractivity contribution in [3.05, 3.63) is 46.7 Å². The van der Waals surface area contributed by atoms with Gasteiger partial charge in [0.05, 0.1) is 0 Å². The zero-order valence-corrected chi connectivity index (χ0v) is 10.6. The second-order valence-electron chi connectivity index (χ2n) is 3.32. The number of amides is 1. The van der Waals surface area contributed by atoms with Gasteiger partial charge in [0, 0.05) is 18.1 Å². The lowest BCUT2D eigenvalue weighted by molar-refractivity contribution is -0.105. The van der Waals surface area contributed by atoms with Crippen LogP contribution in [0.15, 0.2) is 36.7 Å². The van der Waals surface area contributed by atoms with Crippen LogP contribution in [-0.2, 0) is 4.79 Å². The van der Waals surface area contributed by atoms with Crippen molar-refractivity contribution in [3.8, 4) is 11.5 Å². The third-order valence-electron chi connectivity index (χ3n) is 2.11. The standard InChI is InChI=1S/C12H8Cl2N2O2/c13-10-5-15-6-11(14)12(10)18-9-3-1-8(2-4-9)16-7-17/h1-7H,(H,16,17). The highest BCUT2D eigenvalue weighted by molar-refractivity contribution is 6.36. The SMILES string of the molecule is O=CNc1ccc(Oc2c(Cl)cncc2Cl)cc1. The molecule has 0 aliphatic carbocycles. The number of benzene rings is 1. The molecule has 4 nitrogen and oxygen atoms in total. The molecule has 1 aromatic heterocycles. The maximum atomic E-state index is 10.3. The minimum Gasteiger partial charge on any atom is -0.454 e. The molecule has 0 unspecified atom stereocenters. The molecular weight excluding hydrogens is 275 g/mol. The minimum absolute atomic E-state index is 0.331. The summed E-state index contributed by atoms with van der Waals surface area (Å²) in [6, 6.07) is 6.79. The van der Waals surface area contributed by atoms with E-state index in [2.05, 4.69) is 10.3 Å². The maximum absolute atomic E-state index is 10.3. The molecule has 1 N–H and O–H groups in total. The molecule has 1 aromatic carbocycles. The van der Waals surface area contributed by atoms with Gasteiger partial charge < -0.3 is 10.1 Å². The van der Waals surface area contributed by atoms with Gasteiger partial charge in [0.25, 0.3) is 0 Å². The number of hydrogen-bond donors (Lipinski definition) is 1. The average molecular weight is 283 g/mol. The molecule has 0 bridgehead atoms. The van der Waals surface area contributed by atoms with E-state index in [9.17, 15) is 4.79 Å². The number of carbonyl (C=O) groups excluding carboxylic acids is 1. The van der Waals surface area contributed by atoms with Crippen LogP contribution < -0.4 is 10.1 Å². The molecule has 18 heavy (non-hydrogen) atoms. The summed E-state index contributed by atoms with van der Waals surface area (Å²) in [7, 11) is 0. The molecule has 0 spiro atoms. The van der Waals surface area contributed by atoms with E-state index in [1.807, 2.05) is 0 Å². The van der Waals surface area contributed by atoms with E-state index < -0.39 is 0 Å². The van der Waals surface area contributed by atoms with Crippen molar-refractivity contribution >= 4 is 35.3 Å². The van der Waals surface area contributed by atoms with Crippen molar-refractivity contribution in [2.75, 3.05) is 5.32 Å². The van der Waals surface area contributed by atoms with E-state index >= 15 is 0 Å². The first-order chi connectivity index (χ1) is 8.70. The summed E-state index contributed by atoms with van der Waals surface area (Å²) >= 11 is 11.9. The molecule has 0 radical (unpaired) electrons. The van der Waals surface area contributed by atoms with Crippen molar-refractivity contribution in [2.24, 2.45) is 0 Å². The summed E-state index contributed by atoms with van der Waals surface area (Å²) in [5.41, 5.74) is 0.671. The Labute approximate surface area is 114 Å². The van der Waals surface area contributed by atoms with Crippen LogP contribution in [-0.4, -0.2) is 11.4 Å². The van der Waals surface area contributed by atoms with Gasteiger partial charge in [-0.3, -0.25) is 9.78 Å². The summed E-state index contributed by atoms with van der Waals surface area (Å²) in [4.78, 5) is 14.1. The molecule has 0 aliphatic heterocycles. The van der Waals surface area contributed by atoms with Gasteiger partial charge in [-0.05, 0) is 24.3 Å². The predicted molar refractivity (Wildman–Crippen MR) is 70.5 cm³/mol. The van der Waals surface area contributed by atoms with Crippen LogP contribution in [0.25, 0.3) is 0 Å². The Morgan fingerprint density at radius 3 is 2.28 bits per heavy atom. The molecule has 92 valence electrons. The Morgan fingerprint density at radius 2 is 1.72 bits per heavy atom. The van der Waals surface area contributed by atoms with Crippen LogP contribution >= 0.6 is 23.2 Å². The van der Waals surface area contributed by atoms with Crippen molar-refractivity contribution in [2.45, 2.75) is 0 Å². The number of rotatable bonds is 4. The maximum Gasteiger partial charge on any atom is 0.211 e. The molecule has 2 aromatic rings. The number of aromatic nitrogens is 1. The Bertz CT molecular complexity index is 538. The molecule has 1 amide bonds. The van der Waals surface area contributed by atoms with E-state index in [-0.39, 0.29) is 0 Å². The highest BCUT2D eigenvalue weighted by atomic mass is 35.5. The zero-order chi connectivity index (χ0) is 13.0. The van der Waals surface area contributed by atoms with Gasteiger partial charge in [0.2, 0.25) is 6.41 Å². The van der Waals surface area contributed by atoms with Gasteiger partial charge >= 0.3 is 0 Å². The smallest absolute Gasteiger partial charge is 0.211 e. The van der Waals surface area contributed by atoms with E-state index in [1.54, 1.807) is 24.3 Å². The number of ether oxygens (including phenoxy) is 1. The largest absolute Gasteiger partial charge is 0.454 e. The third kappa shape index (κ3) is 2.91. The molecular formula is C12H8Cl2N2O2. The highest BCUT2D eigenvalue weighted by Crippen LogP contribution is 2.35. The van der Waals surface area contributed by atoms with E-state index in [0.29, 0.717) is 33.6 Å². The van der Waals surface area contributed by atoms with Crippen LogP contribution in [0.1, 0.15) is 0 Å². The summed E-state index contributed by atoms with van der Waals surface area (Å²) in [5.74, 6) is 0.908. The second-order valence-corrected chi connectivity index (χ2v) is 4.14. The van der Waals surface area contributed by atoms with Crippen molar-refractivity contribution < 1.29 is 9.53 Å². The van der Waals surface area contributed by atoms with E-state index in [0.717, 1.165) is 0 Å². The first kappa shape index (κ1) is 12.7. The topological polar surface area (TPSA) is 51.2 Å². The number of halogens is 2. The summed E-state index contributed by atoms with van der Waals surface area (Å²) < 4.78 is 5.55. The highest BCUT2D eigenvalue weighted by Gasteiger charge is 2.08. The molecule has 0 saturated heterocycles. The number of nitrogens with zero attached hydrogens (tertiary/aromatic N) is 1. The van der Waals surface area contributed by atoms with Crippen LogP contribution in [0.2, 0.25) is 10.0 Å². The van der Waals surface area contributed by atoms with Crippen molar-refractivity contribution in [1.29, 1.82) is 0 Å². The minimum atomic E-state index is 0.331. The van der Waals surface area contributed by atoms with Crippen molar-refractivity contribution in [1.82, 2.24) is 4.98 Å². The third-order valence-corrected chi connectivity index (χ3v) is 2.65. The quantitative estimate of drug-likeness (QED) is 0.869. The lowest BCUT2D eigenvalue weighted by Crippen LogP contribution is -1.93. The number of hydrogen-bond acceptors (Lipinski definition) is 3. The Balaban J connectivity index is 2.21. The Hall–Kier alpha value is -1.78. The zero-order valence-electron chi connectivity index (χ0n) is 9.06. The average Bonchev–Trinajstić information content (AvgIpc) is 2.36. The number of nitrogens with one attached hydrogen (secondary N) is 1. The second kappa shape index (κ2) is 5.71. The van der Waals surface area contributed by atoms with Crippen LogP contribution in [0, 0.1) is 0 Å². The van der Waals surface area contributed by atoms with Gasteiger partial charge in [-0.25, -0.2) is 0 Å². The first-order valence-corrected chi connectivity index (χ1v) is 5.73. The van der Waals surface area contributed by atoms with Gasteiger partial charge in [-0.2, -0.15) is 0 Å². The van der Waals surface area contributed by atoms with E-state index in [1.165, 1.54) is 12.4 Å². The van der Waals surface area contributed by atoms with Crippen LogP contribution in [0.4, 0.5) is 5.69 Å². The Morgan fingerprint density at radius 1 is 1.11 bits per heavy atom. The number of carbonyl (C=O) groups is 1. The molecule has 2 rings (SSSR count). The molecule has 0 saturated carbocycles. The molecule has 0 atom stereocenters. The molecule has 6 heteroatoms. The molecule has 1 heterocycles. The monoisotopic (exact) mass is 282 g/mol. The number of anilines is 1. The normalized spacial score (nSPS) is 9.89. The fourth-order valence-electron chi connectivity index (χ4n) is 1.30. The lowest BCUT2D eigenvalue weighted by Gasteiger charge is -2.09. The fourth-order valence-corrected chi connectivity index (χ4v) is 1.74. The van der Waals surface area contributed by atoms with Crippen LogP contribution in [0.5, 0.6) is 11.5 Å². The van der Waals surface area contributed by atoms with Gasteiger partial charge in [0.15, 0.2) is 5.75 Å². The van der Waals surface area contributed by atoms with Gasteiger partial charge in [-0.15, -0.1) is 0 Å². The Kier molecular flexibility index (Phi) is 4.02. The molecule has 0 aliphatic rings. The van der Waals surface area contributed by atoms with E-state index in [4.69, 9.17) is 27.9 Å². The van der Waals surface area contributed by atoms with Crippen molar-refractivity contribution in [3.63, 3.8) is 0 Å². The molecule has 0 fully saturated rings. The van der Waals surface area contributed by atoms with Crippen LogP contribution in [0.3, 0.4) is 0 Å².